The smallest absolute Gasteiger partial charge is 0.336 e. The summed E-state index contributed by atoms with van der Waals surface area (Å²) < 4.78 is 1.75. The van der Waals surface area contributed by atoms with Gasteiger partial charge in [0.25, 0.3) is 0 Å². The summed E-state index contributed by atoms with van der Waals surface area (Å²) >= 11 is 1.30. The molecule has 2 rings (SSSR count). The van der Waals surface area contributed by atoms with Crippen molar-refractivity contribution in [3.63, 3.8) is 0 Å². The lowest BCUT2D eigenvalue weighted by Gasteiger charge is -2.06. The number of carbonyl (C=O) groups is 1. The fourth-order valence-corrected chi connectivity index (χ4v) is 2.34. The Morgan fingerprint density at radius 3 is 2.82 bits per heavy atom. The molecule has 0 radical (unpaired) electrons. The second-order valence-corrected chi connectivity index (χ2v) is 4.64. The highest BCUT2D eigenvalue weighted by Crippen LogP contribution is 2.29. The molecular weight excluding hydrogens is 238 g/mol. The van der Waals surface area contributed by atoms with Gasteiger partial charge in [-0.1, -0.05) is 6.07 Å². The average molecular weight is 249 g/mol. The zero-order chi connectivity index (χ0) is 12.4. The van der Waals surface area contributed by atoms with Crippen LogP contribution in [0.4, 0.5) is 0 Å². The molecule has 0 saturated heterocycles. The van der Waals surface area contributed by atoms with Crippen LogP contribution in [0.1, 0.15) is 15.9 Å². The Balaban J connectivity index is 2.41. The minimum atomic E-state index is -0.935. The number of benzene rings is 1. The summed E-state index contributed by atoms with van der Waals surface area (Å²) in [4.78, 5) is 11.8. The molecule has 5 nitrogen and oxygen atoms in total. The van der Waals surface area contributed by atoms with Crippen LogP contribution in [0.5, 0.6) is 0 Å². The summed E-state index contributed by atoms with van der Waals surface area (Å²) in [5.74, 6) is -0.935. The zero-order valence-corrected chi connectivity index (χ0v) is 10.2. The SMILES string of the molecule is Cc1ccc(C(=O)O)c(Sc2nncn2C)c1. The molecule has 0 fully saturated rings. The molecule has 6 heteroatoms. The van der Waals surface area contributed by atoms with Gasteiger partial charge in [0.1, 0.15) is 6.33 Å². The van der Waals surface area contributed by atoms with Crippen LogP contribution in [0.3, 0.4) is 0 Å². The topological polar surface area (TPSA) is 68.0 Å². The van der Waals surface area contributed by atoms with E-state index in [2.05, 4.69) is 10.2 Å². The molecule has 17 heavy (non-hydrogen) atoms. The van der Waals surface area contributed by atoms with Crippen LogP contribution >= 0.6 is 11.8 Å². The number of rotatable bonds is 3. The van der Waals surface area contributed by atoms with E-state index in [0.29, 0.717) is 10.1 Å². The van der Waals surface area contributed by atoms with E-state index in [1.165, 1.54) is 11.8 Å². The summed E-state index contributed by atoms with van der Waals surface area (Å²) in [6, 6.07) is 5.23. The van der Waals surface area contributed by atoms with Gasteiger partial charge in [-0.2, -0.15) is 0 Å². The van der Waals surface area contributed by atoms with Crippen LogP contribution < -0.4 is 0 Å². The van der Waals surface area contributed by atoms with Crippen molar-refractivity contribution in [3.8, 4) is 0 Å². The maximum Gasteiger partial charge on any atom is 0.336 e. The molecule has 0 atom stereocenters. The predicted octanol–water partition coefficient (Wildman–Crippen LogP) is 1.97. The lowest BCUT2D eigenvalue weighted by atomic mass is 10.1. The van der Waals surface area contributed by atoms with E-state index < -0.39 is 5.97 Å². The summed E-state index contributed by atoms with van der Waals surface area (Å²) in [6.45, 7) is 1.92. The molecule has 1 N–H and O–H groups in total. The first kappa shape index (κ1) is 11.7. The molecule has 0 aliphatic heterocycles. The minimum absolute atomic E-state index is 0.281. The molecule has 0 amide bonds. The first-order chi connectivity index (χ1) is 8.08. The van der Waals surface area contributed by atoms with Crippen molar-refractivity contribution >= 4 is 17.7 Å². The standard InChI is InChI=1S/C11H11N3O2S/c1-7-3-4-8(10(15)16)9(5-7)17-11-13-12-6-14(11)2/h3-6H,1-2H3,(H,15,16). The van der Waals surface area contributed by atoms with Crippen molar-refractivity contribution in [2.75, 3.05) is 0 Å². The lowest BCUT2D eigenvalue weighted by molar-refractivity contribution is 0.0693. The summed E-state index contributed by atoms with van der Waals surface area (Å²) in [6.07, 6.45) is 1.58. The summed E-state index contributed by atoms with van der Waals surface area (Å²) in [7, 11) is 1.82. The quantitative estimate of drug-likeness (QED) is 0.900. The second-order valence-electron chi connectivity index (χ2n) is 3.63. The number of hydrogen-bond donors (Lipinski definition) is 1. The molecule has 0 saturated carbocycles. The fraction of sp³-hybridized carbons (Fsp3) is 0.182. The third-order valence-corrected chi connectivity index (χ3v) is 3.35. The van der Waals surface area contributed by atoms with Crippen LogP contribution in [-0.2, 0) is 7.05 Å². The maximum absolute atomic E-state index is 11.1. The Bertz CT molecular complexity index is 566. The average Bonchev–Trinajstić information content (AvgIpc) is 2.64. The number of hydrogen-bond acceptors (Lipinski definition) is 4. The molecule has 88 valence electrons. The minimum Gasteiger partial charge on any atom is -0.478 e. The molecule has 1 heterocycles. The highest BCUT2D eigenvalue weighted by Gasteiger charge is 2.13. The summed E-state index contributed by atoms with van der Waals surface area (Å²) in [5.41, 5.74) is 1.29. The number of aromatic nitrogens is 3. The third-order valence-electron chi connectivity index (χ3n) is 2.24. The van der Waals surface area contributed by atoms with E-state index in [4.69, 9.17) is 5.11 Å². The fourth-order valence-electron chi connectivity index (χ4n) is 1.35. The van der Waals surface area contributed by atoms with Crippen LogP contribution in [0.25, 0.3) is 0 Å². The van der Waals surface area contributed by atoms with Crippen molar-refractivity contribution in [2.45, 2.75) is 17.0 Å². The van der Waals surface area contributed by atoms with E-state index in [1.807, 2.05) is 20.0 Å². The zero-order valence-electron chi connectivity index (χ0n) is 9.41. The van der Waals surface area contributed by atoms with Gasteiger partial charge in [0.2, 0.25) is 0 Å². The van der Waals surface area contributed by atoms with Crippen molar-refractivity contribution < 1.29 is 9.90 Å². The Hall–Kier alpha value is -1.82. The number of carboxylic acid groups (broad SMARTS) is 1. The Kier molecular flexibility index (Phi) is 3.14. The number of aromatic carboxylic acids is 1. The van der Waals surface area contributed by atoms with Crippen LogP contribution in [0.15, 0.2) is 34.6 Å². The van der Waals surface area contributed by atoms with E-state index in [1.54, 1.807) is 23.0 Å². The molecule has 2 aromatic rings. The van der Waals surface area contributed by atoms with E-state index in [-0.39, 0.29) is 5.56 Å². The molecule has 1 aromatic carbocycles. The van der Waals surface area contributed by atoms with Gasteiger partial charge in [-0.3, -0.25) is 0 Å². The maximum atomic E-state index is 11.1. The lowest BCUT2D eigenvalue weighted by Crippen LogP contribution is -2.00. The normalized spacial score (nSPS) is 10.5. The van der Waals surface area contributed by atoms with Crippen LogP contribution in [-0.4, -0.2) is 25.8 Å². The van der Waals surface area contributed by atoms with Crippen LogP contribution in [0.2, 0.25) is 0 Å². The highest BCUT2D eigenvalue weighted by molar-refractivity contribution is 7.99. The van der Waals surface area contributed by atoms with Gasteiger partial charge >= 0.3 is 5.97 Å². The molecular formula is C11H11N3O2S. The number of aryl methyl sites for hydroxylation is 2. The first-order valence-electron chi connectivity index (χ1n) is 4.93. The van der Waals surface area contributed by atoms with Crippen molar-refractivity contribution in [1.29, 1.82) is 0 Å². The number of carboxylic acids is 1. The first-order valence-corrected chi connectivity index (χ1v) is 5.75. The molecule has 1 aromatic heterocycles. The predicted molar refractivity (Wildman–Crippen MR) is 63.3 cm³/mol. The van der Waals surface area contributed by atoms with Crippen molar-refractivity contribution in [1.82, 2.24) is 14.8 Å². The van der Waals surface area contributed by atoms with Crippen molar-refractivity contribution in [3.05, 3.63) is 35.7 Å². The molecule has 0 spiro atoms. The van der Waals surface area contributed by atoms with Gasteiger partial charge in [0, 0.05) is 11.9 Å². The van der Waals surface area contributed by atoms with Gasteiger partial charge in [0.05, 0.1) is 5.56 Å². The Labute approximate surface area is 102 Å². The van der Waals surface area contributed by atoms with Gasteiger partial charge in [0.15, 0.2) is 5.16 Å². The van der Waals surface area contributed by atoms with Gasteiger partial charge < -0.3 is 9.67 Å². The molecule has 0 bridgehead atoms. The molecule has 0 aliphatic rings. The van der Waals surface area contributed by atoms with Crippen molar-refractivity contribution in [2.24, 2.45) is 7.05 Å². The largest absolute Gasteiger partial charge is 0.478 e. The highest BCUT2D eigenvalue weighted by atomic mass is 32.2. The number of nitrogens with zero attached hydrogens (tertiary/aromatic N) is 3. The molecule has 0 aliphatic carbocycles. The van der Waals surface area contributed by atoms with Gasteiger partial charge in [-0.25, -0.2) is 4.79 Å². The van der Waals surface area contributed by atoms with Gasteiger partial charge in [-0.15, -0.1) is 10.2 Å². The van der Waals surface area contributed by atoms with Gasteiger partial charge in [-0.05, 0) is 36.4 Å². The Morgan fingerprint density at radius 1 is 1.47 bits per heavy atom. The Morgan fingerprint density at radius 2 is 2.24 bits per heavy atom. The molecule has 0 unspecified atom stereocenters. The third kappa shape index (κ3) is 2.47. The monoisotopic (exact) mass is 249 g/mol. The van der Waals surface area contributed by atoms with E-state index in [9.17, 15) is 4.79 Å². The van der Waals surface area contributed by atoms with E-state index >= 15 is 0 Å². The summed E-state index contributed by atoms with van der Waals surface area (Å²) in [5, 5.41) is 17.4. The second kappa shape index (κ2) is 4.58. The van der Waals surface area contributed by atoms with E-state index in [0.717, 1.165) is 5.56 Å². The van der Waals surface area contributed by atoms with Crippen LogP contribution in [0, 0.1) is 6.92 Å².